The standard InChI is InChI=1S/C9H10N2O2/c10-9(5-6-9)7-3-1-2-4-8(7)11(12)13/h1-4H,5-6,10H2. The maximum atomic E-state index is 10.6. The van der Waals surface area contributed by atoms with Gasteiger partial charge in [-0.05, 0) is 12.8 Å². The zero-order valence-corrected chi connectivity index (χ0v) is 7.06. The number of para-hydroxylation sites is 1. The Kier molecular flexibility index (Phi) is 1.60. The third-order valence-corrected chi connectivity index (χ3v) is 2.43. The lowest BCUT2D eigenvalue weighted by Crippen LogP contribution is -2.20. The Bertz CT molecular complexity index is 358. The fourth-order valence-corrected chi connectivity index (χ4v) is 1.46. The molecule has 13 heavy (non-hydrogen) atoms. The van der Waals surface area contributed by atoms with Crippen LogP contribution in [0.5, 0.6) is 0 Å². The van der Waals surface area contributed by atoms with Gasteiger partial charge in [0, 0.05) is 17.2 Å². The van der Waals surface area contributed by atoms with E-state index in [0.717, 1.165) is 12.8 Å². The molecule has 1 saturated carbocycles. The summed E-state index contributed by atoms with van der Waals surface area (Å²) < 4.78 is 0. The molecule has 0 bridgehead atoms. The zero-order valence-electron chi connectivity index (χ0n) is 7.06. The molecule has 68 valence electrons. The van der Waals surface area contributed by atoms with Gasteiger partial charge < -0.3 is 5.73 Å². The van der Waals surface area contributed by atoms with Crippen molar-refractivity contribution in [2.45, 2.75) is 18.4 Å². The largest absolute Gasteiger partial charge is 0.321 e. The van der Waals surface area contributed by atoms with Crippen molar-refractivity contribution in [1.82, 2.24) is 0 Å². The fourth-order valence-electron chi connectivity index (χ4n) is 1.46. The number of hydrogen-bond acceptors (Lipinski definition) is 3. The minimum Gasteiger partial charge on any atom is -0.321 e. The smallest absolute Gasteiger partial charge is 0.274 e. The Morgan fingerprint density at radius 1 is 1.38 bits per heavy atom. The Morgan fingerprint density at radius 2 is 2.00 bits per heavy atom. The van der Waals surface area contributed by atoms with Crippen LogP contribution >= 0.6 is 0 Å². The van der Waals surface area contributed by atoms with Gasteiger partial charge in [0.05, 0.1) is 4.92 Å². The first-order chi connectivity index (χ1) is 6.13. The number of nitro groups is 1. The van der Waals surface area contributed by atoms with E-state index in [2.05, 4.69) is 0 Å². The van der Waals surface area contributed by atoms with Crippen LogP contribution in [-0.2, 0) is 5.54 Å². The van der Waals surface area contributed by atoms with Crippen LogP contribution in [0.4, 0.5) is 5.69 Å². The molecule has 4 nitrogen and oxygen atoms in total. The van der Waals surface area contributed by atoms with E-state index in [1.165, 1.54) is 6.07 Å². The summed E-state index contributed by atoms with van der Waals surface area (Å²) in [5.74, 6) is 0. The van der Waals surface area contributed by atoms with E-state index < -0.39 is 5.54 Å². The molecule has 0 unspecified atom stereocenters. The fraction of sp³-hybridized carbons (Fsp3) is 0.333. The molecule has 4 heteroatoms. The highest BCUT2D eigenvalue weighted by Gasteiger charge is 2.44. The summed E-state index contributed by atoms with van der Waals surface area (Å²) in [5, 5.41) is 10.6. The number of nitro benzene ring substituents is 1. The summed E-state index contributed by atoms with van der Waals surface area (Å²) >= 11 is 0. The maximum absolute atomic E-state index is 10.6. The summed E-state index contributed by atoms with van der Waals surface area (Å²) in [5.41, 5.74) is 6.28. The van der Waals surface area contributed by atoms with Gasteiger partial charge in [-0.25, -0.2) is 0 Å². The average Bonchev–Trinajstić information content (AvgIpc) is 2.85. The summed E-state index contributed by atoms with van der Waals surface area (Å²) in [7, 11) is 0. The molecule has 0 atom stereocenters. The van der Waals surface area contributed by atoms with Gasteiger partial charge in [-0.15, -0.1) is 0 Å². The second kappa shape index (κ2) is 2.53. The minimum absolute atomic E-state index is 0.141. The molecule has 0 aromatic heterocycles. The number of hydrogen-bond donors (Lipinski definition) is 1. The Hall–Kier alpha value is -1.42. The van der Waals surface area contributed by atoms with Crippen LogP contribution < -0.4 is 5.73 Å². The molecule has 1 aromatic carbocycles. The van der Waals surface area contributed by atoms with Crippen LogP contribution in [0.3, 0.4) is 0 Å². The highest BCUT2D eigenvalue weighted by atomic mass is 16.6. The molecule has 2 rings (SSSR count). The molecular weight excluding hydrogens is 168 g/mol. The lowest BCUT2D eigenvalue weighted by Gasteiger charge is -2.08. The zero-order chi connectivity index (χ0) is 9.47. The first-order valence-corrected chi connectivity index (χ1v) is 4.16. The summed E-state index contributed by atoms with van der Waals surface area (Å²) in [4.78, 5) is 10.3. The van der Waals surface area contributed by atoms with Gasteiger partial charge in [0.25, 0.3) is 5.69 Å². The van der Waals surface area contributed by atoms with Crippen molar-refractivity contribution >= 4 is 5.69 Å². The van der Waals surface area contributed by atoms with Crippen LogP contribution in [0, 0.1) is 10.1 Å². The van der Waals surface area contributed by atoms with E-state index in [9.17, 15) is 10.1 Å². The third-order valence-electron chi connectivity index (χ3n) is 2.43. The quantitative estimate of drug-likeness (QED) is 0.551. The van der Waals surface area contributed by atoms with E-state index in [1.54, 1.807) is 18.2 Å². The van der Waals surface area contributed by atoms with Gasteiger partial charge in [-0.3, -0.25) is 10.1 Å². The number of nitrogens with zero attached hydrogens (tertiary/aromatic N) is 1. The normalized spacial score (nSPS) is 18.2. The second-order valence-corrected chi connectivity index (χ2v) is 3.43. The first kappa shape index (κ1) is 8.19. The van der Waals surface area contributed by atoms with Crippen LogP contribution in [0.25, 0.3) is 0 Å². The van der Waals surface area contributed by atoms with Gasteiger partial charge in [-0.2, -0.15) is 0 Å². The first-order valence-electron chi connectivity index (χ1n) is 4.16. The molecule has 0 saturated heterocycles. The van der Waals surface area contributed by atoms with Crippen molar-refractivity contribution in [2.75, 3.05) is 0 Å². The lowest BCUT2D eigenvalue weighted by atomic mass is 10.0. The molecule has 1 aliphatic carbocycles. The number of nitrogens with two attached hydrogens (primary N) is 1. The Morgan fingerprint density at radius 3 is 2.54 bits per heavy atom. The molecule has 1 aliphatic rings. The van der Waals surface area contributed by atoms with Gasteiger partial charge >= 0.3 is 0 Å². The lowest BCUT2D eigenvalue weighted by molar-refractivity contribution is -0.385. The highest BCUT2D eigenvalue weighted by molar-refractivity contribution is 5.47. The van der Waals surface area contributed by atoms with Gasteiger partial charge in [-0.1, -0.05) is 18.2 Å². The Labute approximate surface area is 75.5 Å². The minimum atomic E-state index is -0.427. The predicted molar refractivity (Wildman–Crippen MR) is 48.2 cm³/mol. The average molecular weight is 178 g/mol. The molecule has 0 aliphatic heterocycles. The molecule has 0 spiro atoms. The van der Waals surface area contributed by atoms with Gasteiger partial charge in [0.2, 0.25) is 0 Å². The van der Waals surface area contributed by atoms with Crippen molar-refractivity contribution in [3.8, 4) is 0 Å². The predicted octanol–water partition coefficient (Wildman–Crippen LogP) is 1.54. The topological polar surface area (TPSA) is 69.2 Å². The SMILES string of the molecule is NC1(c2ccccc2[N+](=O)[O-])CC1. The second-order valence-electron chi connectivity index (χ2n) is 3.43. The van der Waals surface area contributed by atoms with Crippen LogP contribution in [0.2, 0.25) is 0 Å². The van der Waals surface area contributed by atoms with Crippen LogP contribution in [0.1, 0.15) is 18.4 Å². The van der Waals surface area contributed by atoms with E-state index in [1.807, 2.05) is 0 Å². The number of benzene rings is 1. The molecular formula is C9H10N2O2. The van der Waals surface area contributed by atoms with Crippen molar-refractivity contribution in [3.05, 3.63) is 39.9 Å². The van der Waals surface area contributed by atoms with Crippen molar-refractivity contribution in [1.29, 1.82) is 0 Å². The van der Waals surface area contributed by atoms with E-state index in [4.69, 9.17) is 5.73 Å². The molecule has 1 aromatic rings. The Balaban J connectivity index is 2.50. The van der Waals surface area contributed by atoms with Crippen LogP contribution in [0.15, 0.2) is 24.3 Å². The van der Waals surface area contributed by atoms with Gasteiger partial charge in [0.1, 0.15) is 0 Å². The van der Waals surface area contributed by atoms with E-state index in [0.29, 0.717) is 5.56 Å². The molecule has 0 radical (unpaired) electrons. The third kappa shape index (κ3) is 1.29. The number of rotatable bonds is 2. The monoisotopic (exact) mass is 178 g/mol. The molecule has 1 fully saturated rings. The highest BCUT2D eigenvalue weighted by Crippen LogP contribution is 2.45. The summed E-state index contributed by atoms with van der Waals surface area (Å²) in [6.07, 6.45) is 1.69. The van der Waals surface area contributed by atoms with Crippen molar-refractivity contribution in [2.24, 2.45) is 5.73 Å². The van der Waals surface area contributed by atoms with E-state index >= 15 is 0 Å². The van der Waals surface area contributed by atoms with Crippen LogP contribution in [-0.4, -0.2) is 4.92 Å². The van der Waals surface area contributed by atoms with E-state index in [-0.39, 0.29) is 10.6 Å². The maximum Gasteiger partial charge on any atom is 0.274 e. The summed E-state index contributed by atoms with van der Waals surface area (Å²) in [6, 6.07) is 6.69. The molecule has 2 N–H and O–H groups in total. The van der Waals surface area contributed by atoms with Crippen molar-refractivity contribution in [3.63, 3.8) is 0 Å². The van der Waals surface area contributed by atoms with Gasteiger partial charge in [0.15, 0.2) is 0 Å². The molecule has 0 amide bonds. The summed E-state index contributed by atoms with van der Waals surface area (Å²) in [6.45, 7) is 0. The van der Waals surface area contributed by atoms with Crippen molar-refractivity contribution < 1.29 is 4.92 Å². The molecule has 0 heterocycles.